The summed E-state index contributed by atoms with van der Waals surface area (Å²) in [6, 6.07) is 6.28. The molecule has 0 aromatic carbocycles. The van der Waals surface area contributed by atoms with E-state index in [1.165, 1.54) is 11.9 Å². The van der Waals surface area contributed by atoms with Gasteiger partial charge in [0.05, 0.1) is 18.5 Å². The van der Waals surface area contributed by atoms with E-state index in [2.05, 4.69) is 33.6 Å². The summed E-state index contributed by atoms with van der Waals surface area (Å²) >= 11 is 0. The molecular formula is C23H31N5O2. The van der Waals surface area contributed by atoms with Crippen LogP contribution in [0.4, 0.5) is 5.82 Å². The van der Waals surface area contributed by atoms with Gasteiger partial charge in [-0.3, -0.25) is 19.7 Å². The van der Waals surface area contributed by atoms with Crippen LogP contribution >= 0.6 is 0 Å². The third-order valence-corrected chi connectivity index (χ3v) is 5.55. The van der Waals surface area contributed by atoms with Gasteiger partial charge in [0.25, 0.3) is 0 Å². The van der Waals surface area contributed by atoms with Crippen molar-refractivity contribution in [3.8, 4) is 0 Å². The largest absolute Gasteiger partial charge is 0.383 e. The number of methoxy groups -OCH3 is 1. The lowest BCUT2D eigenvalue weighted by molar-refractivity contribution is 0.111. The second-order valence-corrected chi connectivity index (χ2v) is 7.79. The average molecular weight is 410 g/mol. The van der Waals surface area contributed by atoms with E-state index in [0.717, 1.165) is 55.8 Å². The Balaban J connectivity index is 1.66. The molecule has 0 amide bonds. The first-order valence-electron chi connectivity index (χ1n) is 10.4. The Morgan fingerprint density at radius 1 is 1.30 bits per heavy atom. The van der Waals surface area contributed by atoms with Crippen LogP contribution in [0.15, 0.2) is 36.7 Å². The zero-order valence-electron chi connectivity index (χ0n) is 18.2. The highest BCUT2D eigenvalue weighted by molar-refractivity contribution is 5.72. The summed E-state index contributed by atoms with van der Waals surface area (Å²) < 4.78 is 5.28. The summed E-state index contributed by atoms with van der Waals surface area (Å²) in [5.41, 5.74) is 4.29. The number of nitrogens with zero attached hydrogens (tertiary/aromatic N) is 5. The molecule has 0 atom stereocenters. The molecule has 160 valence electrons. The summed E-state index contributed by atoms with van der Waals surface area (Å²) in [5, 5.41) is 0. The standard InChI is InChI=1S/C23H31N5O2/c1-17-6-5-7-22(25-17)20-8-10-27(11-9-20)15-18(2)28(12-13-30-4)23-19(3)24-14-21(16-29)26-23/h5-7,14,16,20H,2,8-13,15H2,1,3-4H3. The van der Waals surface area contributed by atoms with Gasteiger partial charge in [-0.15, -0.1) is 0 Å². The number of piperidine rings is 1. The molecule has 0 spiro atoms. The Morgan fingerprint density at radius 2 is 2.07 bits per heavy atom. The topological polar surface area (TPSA) is 71.5 Å². The molecule has 2 aromatic rings. The Morgan fingerprint density at radius 3 is 2.73 bits per heavy atom. The monoisotopic (exact) mass is 409 g/mol. The molecule has 0 radical (unpaired) electrons. The highest BCUT2D eigenvalue weighted by Crippen LogP contribution is 2.28. The molecule has 0 aliphatic carbocycles. The maximum atomic E-state index is 11.2. The predicted molar refractivity (Wildman–Crippen MR) is 118 cm³/mol. The van der Waals surface area contributed by atoms with Crippen LogP contribution in [0.3, 0.4) is 0 Å². The molecule has 1 fully saturated rings. The first kappa shape index (κ1) is 22.1. The van der Waals surface area contributed by atoms with Gasteiger partial charge in [0.15, 0.2) is 12.1 Å². The molecular weight excluding hydrogens is 378 g/mol. The number of carbonyl (C=O) groups is 1. The number of carbonyl (C=O) groups excluding carboxylic acids is 1. The van der Waals surface area contributed by atoms with Crippen LogP contribution in [-0.2, 0) is 4.74 Å². The number of ether oxygens (including phenoxy) is 1. The van der Waals surface area contributed by atoms with Crippen molar-refractivity contribution >= 4 is 12.1 Å². The van der Waals surface area contributed by atoms with Crippen LogP contribution in [0.5, 0.6) is 0 Å². The molecule has 2 aromatic heterocycles. The molecule has 7 nitrogen and oxygen atoms in total. The number of aldehydes is 1. The van der Waals surface area contributed by atoms with Gasteiger partial charge in [-0.1, -0.05) is 12.6 Å². The van der Waals surface area contributed by atoms with Crippen molar-refractivity contribution in [2.45, 2.75) is 32.6 Å². The Kier molecular flexibility index (Phi) is 7.65. The van der Waals surface area contributed by atoms with Crippen LogP contribution in [-0.4, -0.2) is 66.0 Å². The zero-order chi connectivity index (χ0) is 21.5. The quantitative estimate of drug-likeness (QED) is 0.589. The number of aromatic nitrogens is 3. The minimum absolute atomic E-state index is 0.317. The summed E-state index contributed by atoms with van der Waals surface area (Å²) in [5.74, 6) is 1.18. The highest BCUT2D eigenvalue weighted by Gasteiger charge is 2.24. The van der Waals surface area contributed by atoms with Gasteiger partial charge in [-0.25, -0.2) is 4.98 Å². The third-order valence-electron chi connectivity index (χ3n) is 5.55. The van der Waals surface area contributed by atoms with Gasteiger partial charge in [-0.2, -0.15) is 0 Å². The van der Waals surface area contributed by atoms with E-state index in [1.807, 2.05) is 24.8 Å². The van der Waals surface area contributed by atoms with Crippen LogP contribution < -0.4 is 4.90 Å². The lowest BCUT2D eigenvalue weighted by Gasteiger charge is -2.35. The smallest absolute Gasteiger partial charge is 0.170 e. The number of rotatable bonds is 9. The SMILES string of the molecule is C=C(CN1CCC(c2cccc(C)n2)CC1)N(CCOC)c1nc(C=O)cnc1C. The lowest BCUT2D eigenvalue weighted by atomic mass is 9.93. The van der Waals surface area contributed by atoms with Crippen molar-refractivity contribution < 1.29 is 9.53 Å². The Bertz CT molecular complexity index is 878. The first-order valence-corrected chi connectivity index (χ1v) is 10.4. The zero-order valence-corrected chi connectivity index (χ0v) is 18.2. The number of hydrogen-bond acceptors (Lipinski definition) is 7. The fourth-order valence-electron chi connectivity index (χ4n) is 3.88. The van der Waals surface area contributed by atoms with E-state index in [1.54, 1.807) is 7.11 Å². The van der Waals surface area contributed by atoms with Crippen molar-refractivity contribution in [1.82, 2.24) is 19.9 Å². The van der Waals surface area contributed by atoms with Gasteiger partial charge in [0, 0.05) is 43.2 Å². The van der Waals surface area contributed by atoms with Crippen molar-refractivity contribution in [2.75, 3.05) is 44.8 Å². The van der Waals surface area contributed by atoms with E-state index in [9.17, 15) is 4.79 Å². The second-order valence-electron chi connectivity index (χ2n) is 7.79. The molecule has 1 aliphatic rings. The summed E-state index contributed by atoms with van der Waals surface area (Å²) in [7, 11) is 1.67. The van der Waals surface area contributed by atoms with Gasteiger partial charge in [-0.05, 0) is 51.9 Å². The minimum atomic E-state index is 0.317. The van der Waals surface area contributed by atoms with Crippen molar-refractivity contribution in [3.05, 3.63) is 59.4 Å². The maximum Gasteiger partial charge on any atom is 0.170 e. The van der Waals surface area contributed by atoms with E-state index >= 15 is 0 Å². The summed E-state index contributed by atoms with van der Waals surface area (Å²) in [6.45, 7) is 12.1. The van der Waals surface area contributed by atoms with Crippen molar-refractivity contribution in [1.29, 1.82) is 0 Å². The first-order chi connectivity index (χ1) is 14.5. The van der Waals surface area contributed by atoms with Crippen molar-refractivity contribution in [2.24, 2.45) is 0 Å². The molecule has 3 heterocycles. The number of likely N-dealkylation sites (tertiary alicyclic amines) is 1. The normalized spacial score (nSPS) is 15.2. The number of anilines is 1. The second kappa shape index (κ2) is 10.4. The number of hydrogen-bond donors (Lipinski definition) is 0. The predicted octanol–water partition coefficient (Wildman–Crippen LogP) is 3.15. The molecule has 0 N–H and O–H groups in total. The van der Waals surface area contributed by atoms with Crippen LogP contribution in [0.1, 0.15) is 46.3 Å². The van der Waals surface area contributed by atoms with E-state index in [0.29, 0.717) is 30.6 Å². The van der Waals surface area contributed by atoms with Gasteiger partial charge >= 0.3 is 0 Å². The molecule has 0 unspecified atom stereocenters. The third kappa shape index (κ3) is 5.49. The molecule has 30 heavy (non-hydrogen) atoms. The fraction of sp³-hybridized carbons (Fsp3) is 0.478. The average Bonchev–Trinajstić information content (AvgIpc) is 2.75. The van der Waals surface area contributed by atoms with Crippen LogP contribution in [0.25, 0.3) is 0 Å². The Labute approximate surface area is 178 Å². The van der Waals surface area contributed by atoms with E-state index in [-0.39, 0.29) is 0 Å². The molecule has 1 saturated heterocycles. The van der Waals surface area contributed by atoms with E-state index in [4.69, 9.17) is 9.72 Å². The van der Waals surface area contributed by atoms with Crippen LogP contribution in [0.2, 0.25) is 0 Å². The maximum absolute atomic E-state index is 11.2. The van der Waals surface area contributed by atoms with Crippen molar-refractivity contribution in [3.63, 3.8) is 0 Å². The molecule has 3 rings (SSSR count). The van der Waals surface area contributed by atoms with Gasteiger partial charge in [0.1, 0.15) is 5.69 Å². The number of aryl methyl sites for hydroxylation is 2. The molecule has 0 bridgehead atoms. The molecule has 7 heteroatoms. The minimum Gasteiger partial charge on any atom is -0.383 e. The summed E-state index contributed by atoms with van der Waals surface area (Å²) in [4.78, 5) is 29.1. The fourth-order valence-corrected chi connectivity index (χ4v) is 3.88. The molecule has 0 saturated carbocycles. The van der Waals surface area contributed by atoms with Gasteiger partial charge in [0.2, 0.25) is 0 Å². The highest BCUT2D eigenvalue weighted by atomic mass is 16.5. The van der Waals surface area contributed by atoms with Crippen LogP contribution in [0, 0.1) is 13.8 Å². The number of pyridine rings is 1. The molecule has 1 aliphatic heterocycles. The van der Waals surface area contributed by atoms with E-state index < -0.39 is 0 Å². The Hall–Kier alpha value is -2.64. The van der Waals surface area contributed by atoms with Gasteiger partial charge < -0.3 is 9.64 Å². The lowest BCUT2D eigenvalue weighted by Crippen LogP contribution is -2.39. The summed E-state index contributed by atoms with van der Waals surface area (Å²) in [6.07, 6.45) is 4.38.